The molecular formula is C11H20N2O3. The van der Waals surface area contributed by atoms with Gasteiger partial charge in [0, 0.05) is 25.6 Å². The van der Waals surface area contributed by atoms with E-state index in [0.29, 0.717) is 19.6 Å². The lowest BCUT2D eigenvalue weighted by Crippen LogP contribution is -2.58. The maximum Gasteiger partial charge on any atom is 0.327 e. The number of aliphatic carboxylic acids is 1. The van der Waals surface area contributed by atoms with E-state index in [4.69, 9.17) is 5.11 Å². The summed E-state index contributed by atoms with van der Waals surface area (Å²) < 4.78 is 0. The Hall–Kier alpha value is -1.10. The first-order valence-corrected chi connectivity index (χ1v) is 5.82. The van der Waals surface area contributed by atoms with Gasteiger partial charge in [0.1, 0.15) is 6.04 Å². The van der Waals surface area contributed by atoms with Crippen molar-refractivity contribution in [3.63, 3.8) is 0 Å². The van der Waals surface area contributed by atoms with Crippen molar-refractivity contribution in [2.75, 3.05) is 19.6 Å². The van der Waals surface area contributed by atoms with Crippen LogP contribution in [0.25, 0.3) is 0 Å². The summed E-state index contributed by atoms with van der Waals surface area (Å²) in [6.07, 6.45) is 1.76. The molecule has 2 N–H and O–H groups in total. The summed E-state index contributed by atoms with van der Waals surface area (Å²) >= 11 is 0. The number of carbonyl (C=O) groups is 2. The van der Waals surface area contributed by atoms with E-state index >= 15 is 0 Å². The molecule has 1 heterocycles. The predicted octanol–water partition coefficient (Wildman–Crippen LogP) is 0.308. The molecule has 2 unspecified atom stereocenters. The number of nitrogens with one attached hydrogen (secondary N) is 1. The lowest BCUT2D eigenvalue weighted by Gasteiger charge is -2.35. The molecule has 16 heavy (non-hydrogen) atoms. The molecule has 1 fully saturated rings. The van der Waals surface area contributed by atoms with Gasteiger partial charge in [-0.05, 0) is 6.42 Å². The Morgan fingerprint density at radius 1 is 1.56 bits per heavy atom. The van der Waals surface area contributed by atoms with E-state index < -0.39 is 12.0 Å². The van der Waals surface area contributed by atoms with Gasteiger partial charge in [0.05, 0.1) is 0 Å². The van der Waals surface area contributed by atoms with Crippen molar-refractivity contribution < 1.29 is 14.7 Å². The Bertz CT molecular complexity index is 268. The van der Waals surface area contributed by atoms with E-state index in [0.717, 1.165) is 12.8 Å². The minimum absolute atomic E-state index is 0.0317. The Balaban J connectivity index is 2.67. The fraction of sp³-hybridized carbons (Fsp3) is 0.818. The third-order valence-corrected chi connectivity index (χ3v) is 2.95. The topological polar surface area (TPSA) is 69.6 Å². The molecule has 0 aliphatic carbocycles. The van der Waals surface area contributed by atoms with Crippen LogP contribution in [0.5, 0.6) is 0 Å². The van der Waals surface area contributed by atoms with Crippen LogP contribution < -0.4 is 5.32 Å². The summed E-state index contributed by atoms with van der Waals surface area (Å²) in [5, 5.41) is 12.0. The zero-order valence-electron chi connectivity index (χ0n) is 9.90. The van der Waals surface area contributed by atoms with Gasteiger partial charge in [-0.3, -0.25) is 4.79 Å². The highest BCUT2D eigenvalue weighted by atomic mass is 16.4. The predicted molar refractivity (Wildman–Crippen MR) is 60.1 cm³/mol. The SMILES string of the molecule is CCCC(C)C(=O)N1CCNCC1C(=O)O. The number of carboxylic acid groups (broad SMARTS) is 1. The molecule has 2 atom stereocenters. The van der Waals surface area contributed by atoms with Gasteiger partial charge in [-0.15, -0.1) is 0 Å². The van der Waals surface area contributed by atoms with E-state index in [1.165, 1.54) is 4.90 Å². The molecule has 5 heteroatoms. The molecular weight excluding hydrogens is 208 g/mol. The minimum atomic E-state index is -0.927. The highest BCUT2D eigenvalue weighted by Crippen LogP contribution is 2.13. The maximum atomic E-state index is 12.0. The second kappa shape index (κ2) is 5.84. The molecule has 1 amide bonds. The third-order valence-electron chi connectivity index (χ3n) is 2.95. The highest BCUT2D eigenvalue weighted by Gasteiger charge is 2.33. The van der Waals surface area contributed by atoms with Crippen LogP contribution in [0.2, 0.25) is 0 Å². The number of piperazine rings is 1. The molecule has 1 rings (SSSR count). The van der Waals surface area contributed by atoms with Gasteiger partial charge in [-0.1, -0.05) is 20.3 Å². The van der Waals surface area contributed by atoms with E-state index in [1.54, 1.807) is 0 Å². The number of rotatable bonds is 4. The highest BCUT2D eigenvalue weighted by molar-refractivity contribution is 5.85. The molecule has 5 nitrogen and oxygen atoms in total. The van der Waals surface area contributed by atoms with E-state index in [1.807, 2.05) is 13.8 Å². The van der Waals surface area contributed by atoms with Crippen LogP contribution in [-0.4, -0.2) is 47.6 Å². The smallest absolute Gasteiger partial charge is 0.327 e. The first-order valence-electron chi connectivity index (χ1n) is 5.82. The molecule has 92 valence electrons. The van der Waals surface area contributed by atoms with Gasteiger partial charge >= 0.3 is 5.97 Å². The van der Waals surface area contributed by atoms with Crippen molar-refractivity contribution >= 4 is 11.9 Å². The first-order chi connectivity index (χ1) is 7.57. The summed E-state index contributed by atoms with van der Waals surface area (Å²) in [6, 6.07) is -0.708. The number of hydrogen-bond donors (Lipinski definition) is 2. The van der Waals surface area contributed by atoms with Crippen LogP contribution in [-0.2, 0) is 9.59 Å². The van der Waals surface area contributed by atoms with Crippen LogP contribution in [0.4, 0.5) is 0 Å². The average Bonchev–Trinajstić information content (AvgIpc) is 2.28. The van der Waals surface area contributed by atoms with Crippen molar-refractivity contribution in [2.45, 2.75) is 32.7 Å². The van der Waals surface area contributed by atoms with Gasteiger partial charge in [-0.25, -0.2) is 4.79 Å². The van der Waals surface area contributed by atoms with Gasteiger partial charge in [0.25, 0.3) is 0 Å². The monoisotopic (exact) mass is 228 g/mol. The molecule has 1 aliphatic rings. The number of nitrogens with zero attached hydrogens (tertiary/aromatic N) is 1. The number of amides is 1. The van der Waals surface area contributed by atoms with E-state index in [2.05, 4.69) is 5.32 Å². The number of hydrogen-bond acceptors (Lipinski definition) is 3. The Morgan fingerprint density at radius 2 is 2.25 bits per heavy atom. The van der Waals surface area contributed by atoms with Gasteiger partial charge in [-0.2, -0.15) is 0 Å². The van der Waals surface area contributed by atoms with E-state index in [9.17, 15) is 9.59 Å². The van der Waals surface area contributed by atoms with Gasteiger partial charge in [0.2, 0.25) is 5.91 Å². The second-order valence-electron chi connectivity index (χ2n) is 4.28. The number of carboxylic acids is 1. The fourth-order valence-electron chi connectivity index (χ4n) is 2.03. The summed E-state index contributed by atoms with van der Waals surface area (Å²) in [4.78, 5) is 24.6. The Morgan fingerprint density at radius 3 is 2.81 bits per heavy atom. The summed E-state index contributed by atoms with van der Waals surface area (Å²) in [5.74, 6) is -1.04. The van der Waals surface area contributed by atoms with Crippen molar-refractivity contribution in [1.29, 1.82) is 0 Å². The third kappa shape index (κ3) is 2.95. The normalized spacial score (nSPS) is 22.9. The average molecular weight is 228 g/mol. The van der Waals surface area contributed by atoms with Crippen LogP contribution in [0, 0.1) is 5.92 Å². The van der Waals surface area contributed by atoms with Crippen LogP contribution in [0.15, 0.2) is 0 Å². The van der Waals surface area contributed by atoms with Crippen molar-refractivity contribution in [3.05, 3.63) is 0 Å². The molecule has 0 saturated carbocycles. The number of carbonyl (C=O) groups excluding carboxylic acids is 1. The van der Waals surface area contributed by atoms with E-state index in [-0.39, 0.29) is 11.8 Å². The van der Waals surface area contributed by atoms with Crippen molar-refractivity contribution in [2.24, 2.45) is 5.92 Å². The van der Waals surface area contributed by atoms with Crippen molar-refractivity contribution in [3.8, 4) is 0 Å². The summed E-state index contributed by atoms with van der Waals surface area (Å²) in [7, 11) is 0. The maximum absolute atomic E-state index is 12.0. The molecule has 0 radical (unpaired) electrons. The molecule has 0 aromatic carbocycles. The van der Waals surface area contributed by atoms with Gasteiger partial charge in [0.15, 0.2) is 0 Å². The van der Waals surface area contributed by atoms with Crippen LogP contribution in [0.3, 0.4) is 0 Å². The Labute approximate surface area is 95.8 Å². The zero-order valence-corrected chi connectivity index (χ0v) is 9.90. The molecule has 1 aliphatic heterocycles. The second-order valence-corrected chi connectivity index (χ2v) is 4.28. The quantitative estimate of drug-likeness (QED) is 0.726. The summed E-state index contributed by atoms with van der Waals surface area (Å²) in [5.41, 5.74) is 0. The lowest BCUT2D eigenvalue weighted by molar-refractivity contribution is -0.153. The minimum Gasteiger partial charge on any atom is -0.480 e. The molecule has 0 bridgehead atoms. The molecule has 0 spiro atoms. The molecule has 1 saturated heterocycles. The molecule has 0 aromatic rings. The van der Waals surface area contributed by atoms with Gasteiger partial charge < -0.3 is 15.3 Å². The largest absolute Gasteiger partial charge is 0.480 e. The fourth-order valence-corrected chi connectivity index (χ4v) is 2.03. The Kier molecular flexibility index (Phi) is 4.73. The van der Waals surface area contributed by atoms with Crippen LogP contribution in [0.1, 0.15) is 26.7 Å². The summed E-state index contributed by atoms with van der Waals surface area (Å²) in [6.45, 7) is 5.40. The zero-order chi connectivity index (χ0) is 12.1. The first kappa shape index (κ1) is 13.0. The molecule has 0 aromatic heterocycles. The van der Waals surface area contributed by atoms with Crippen LogP contribution >= 0.6 is 0 Å². The standard InChI is InChI=1S/C11H20N2O3/c1-3-4-8(2)10(14)13-6-5-12-7-9(13)11(15)16/h8-9,12H,3-7H2,1-2H3,(H,15,16). The lowest BCUT2D eigenvalue weighted by atomic mass is 10.0. The van der Waals surface area contributed by atoms with Crippen molar-refractivity contribution in [1.82, 2.24) is 10.2 Å².